The van der Waals surface area contributed by atoms with Gasteiger partial charge in [0, 0.05) is 28.5 Å². The van der Waals surface area contributed by atoms with Crippen molar-refractivity contribution in [1.29, 1.82) is 0 Å². The number of ketones is 1. The third kappa shape index (κ3) is 6.99. The van der Waals surface area contributed by atoms with E-state index in [0.29, 0.717) is 6.42 Å². The number of ether oxygens (including phenoxy) is 2. The molecule has 6 heteroatoms. The van der Waals surface area contributed by atoms with Crippen LogP contribution in [0, 0.1) is 17.7 Å². The second kappa shape index (κ2) is 9.77. The zero-order valence-corrected chi connectivity index (χ0v) is 14.6. The molecule has 0 aromatic carbocycles. The molecule has 1 N–H and O–H groups in total. The van der Waals surface area contributed by atoms with Crippen LogP contribution in [0.25, 0.3) is 0 Å². The van der Waals surface area contributed by atoms with Gasteiger partial charge in [-0.3, -0.25) is 9.59 Å². The summed E-state index contributed by atoms with van der Waals surface area (Å²) >= 11 is 0. The van der Waals surface area contributed by atoms with Gasteiger partial charge < -0.3 is 14.8 Å². The first-order valence-electron chi connectivity index (χ1n) is 11.6. The highest BCUT2D eigenvalue weighted by Crippen LogP contribution is 2.28. The first-order chi connectivity index (χ1) is 13.9. The summed E-state index contributed by atoms with van der Waals surface area (Å²) in [7, 11) is 0. The number of amides is 1. The summed E-state index contributed by atoms with van der Waals surface area (Å²) in [6.07, 6.45) is -6.35. The minimum atomic E-state index is -3.27. The van der Waals surface area contributed by atoms with Gasteiger partial charge in [0.05, 0.1) is 6.61 Å². The Labute approximate surface area is 154 Å². The van der Waals surface area contributed by atoms with E-state index in [2.05, 4.69) is 5.32 Å². The fourth-order valence-corrected chi connectivity index (χ4v) is 2.02. The molecular weight excluding hydrogens is 310 g/mol. The van der Waals surface area contributed by atoms with Gasteiger partial charge in [-0.2, -0.15) is 0 Å². The molecule has 6 nitrogen and oxygen atoms in total. The van der Waals surface area contributed by atoms with Crippen LogP contribution in [0.1, 0.15) is 63.4 Å². The molecular formula is C18H31NO5. The van der Waals surface area contributed by atoms with Gasteiger partial charge in [0.15, 0.2) is 18.0 Å². The van der Waals surface area contributed by atoms with E-state index in [0.717, 1.165) is 6.92 Å². The number of rotatable bonds is 11. The van der Waals surface area contributed by atoms with Gasteiger partial charge in [0.1, 0.15) is 0 Å². The van der Waals surface area contributed by atoms with Crippen LogP contribution in [0.5, 0.6) is 0 Å². The Morgan fingerprint density at radius 2 is 2.04 bits per heavy atom. The molecule has 0 aromatic rings. The number of nitrogens with one attached hydrogen (secondary N) is 1. The molecule has 1 unspecified atom stereocenters. The van der Waals surface area contributed by atoms with Crippen molar-refractivity contribution in [3.8, 4) is 0 Å². The second-order valence-corrected chi connectivity index (χ2v) is 6.04. The van der Waals surface area contributed by atoms with Crippen LogP contribution in [0.15, 0.2) is 0 Å². The maximum Gasteiger partial charge on any atom is 0.338 e. The Kier molecular flexibility index (Phi) is 4.89. The molecule has 1 saturated heterocycles. The van der Waals surface area contributed by atoms with Crippen molar-refractivity contribution in [2.45, 2.75) is 66.0 Å². The number of carbonyl (C=O) groups excluding carboxylic acids is 3. The smallest absolute Gasteiger partial charge is 0.338 e. The highest BCUT2D eigenvalue weighted by Gasteiger charge is 2.51. The number of hydrogen-bond donors (Lipinski definition) is 1. The van der Waals surface area contributed by atoms with E-state index in [1.165, 1.54) is 0 Å². The lowest BCUT2D eigenvalue weighted by Crippen LogP contribution is -2.35. The lowest BCUT2D eigenvalue weighted by Gasteiger charge is -2.18. The molecule has 0 aliphatic carbocycles. The minimum Gasteiger partial charge on any atom is -0.464 e. The Morgan fingerprint density at radius 1 is 1.33 bits per heavy atom. The molecule has 1 fully saturated rings. The molecule has 138 valence electrons. The molecule has 1 amide bonds. The quantitative estimate of drug-likeness (QED) is 0.456. The summed E-state index contributed by atoms with van der Waals surface area (Å²) < 4.78 is 65.8. The Morgan fingerprint density at radius 3 is 2.62 bits per heavy atom. The third-order valence-corrected chi connectivity index (χ3v) is 3.30. The minimum absolute atomic E-state index is 0.0541. The van der Waals surface area contributed by atoms with Crippen LogP contribution in [0.4, 0.5) is 0 Å². The average Bonchev–Trinajstić information content (AvgIpc) is 3.41. The van der Waals surface area contributed by atoms with Crippen molar-refractivity contribution < 1.29 is 33.5 Å². The molecule has 1 heterocycles. The number of Topliss-reactive ketones (excluding diaryl/α,β-unsaturated/α-hetero) is 1. The molecule has 0 spiro atoms. The number of hydrogen-bond acceptors (Lipinski definition) is 5. The number of carbonyl (C=O) groups is 3. The summed E-state index contributed by atoms with van der Waals surface area (Å²) in [6, 6.07) is 0. The van der Waals surface area contributed by atoms with E-state index in [9.17, 15) is 14.4 Å². The van der Waals surface area contributed by atoms with Crippen LogP contribution >= 0.6 is 0 Å². The SMILES string of the molecule is [2H]C([2H])([2H])C([2H])(C)C([2H])([2H])[C@@]([2H])(CC(=O)[C@H]1O[C@@H]1C(=O)OCC)C(=O)NCCC(C)C. The highest BCUT2D eigenvalue weighted by molar-refractivity contribution is 5.96. The van der Waals surface area contributed by atoms with E-state index in [1.54, 1.807) is 6.92 Å². The van der Waals surface area contributed by atoms with Crippen molar-refractivity contribution in [3.05, 3.63) is 0 Å². The maximum absolute atomic E-state index is 12.9. The molecule has 1 aliphatic heterocycles. The van der Waals surface area contributed by atoms with Crippen LogP contribution in [-0.2, 0) is 23.9 Å². The van der Waals surface area contributed by atoms with Crippen molar-refractivity contribution in [2.24, 2.45) is 17.7 Å². The van der Waals surface area contributed by atoms with Gasteiger partial charge in [0.25, 0.3) is 0 Å². The van der Waals surface area contributed by atoms with Gasteiger partial charge in [-0.05, 0) is 31.5 Å². The van der Waals surface area contributed by atoms with E-state index in [4.69, 9.17) is 19.1 Å². The number of epoxide rings is 1. The zero-order chi connectivity index (χ0) is 24.4. The lowest BCUT2D eigenvalue weighted by atomic mass is 9.90. The molecule has 0 radical (unpaired) electrons. The first kappa shape index (κ1) is 12.0. The molecule has 1 rings (SSSR count). The Hall–Kier alpha value is -1.43. The van der Waals surface area contributed by atoms with Gasteiger partial charge in [-0.1, -0.05) is 27.6 Å². The van der Waals surface area contributed by atoms with Crippen LogP contribution in [0.2, 0.25) is 0 Å². The van der Waals surface area contributed by atoms with Gasteiger partial charge in [-0.25, -0.2) is 4.79 Å². The number of esters is 1. The predicted molar refractivity (Wildman–Crippen MR) is 90.3 cm³/mol. The first-order valence-corrected chi connectivity index (χ1v) is 8.07. The molecule has 4 atom stereocenters. The van der Waals surface area contributed by atoms with Crippen molar-refractivity contribution >= 4 is 17.7 Å². The van der Waals surface area contributed by atoms with Crippen LogP contribution in [0.3, 0.4) is 0 Å². The zero-order valence-electron chi connectivity index (χ0n) is 21.6. The van der Waals surface area contributed by atoms with Crippen molar-refractivity contribution in [2.75, 3.05) is 13.2 Å². The third-order valence-electron chi connectivity index (χ3n) is 3.30. The summed E-state index contributed by atoms with van der Waals surface area (Å²) in [4.78, 5) is 37.2. The van der Waals surface area contributed by atoms with Gasteiger partial charge >= 0.3 is 5.97 Å². The standard InChI is InChI=1S/C18H31NO5/c1-6-23-18(22)16-15(24-16)14(20)10-13(9-12(4)5)17(21)19-8-7-11(2)3/h11-13,15-16H,6-10H2,1-5H3,(H,19,21)/t13-,15+,16-/m0/s1/i4D3,9D2,12D,13D/t12?,13-,15+,16-. The normalized spacial score (nSPS) is 30.0. The van der Waals surface area contributed by atoms with Gasteiger partial charge in [0.2, 0.25) is 5.91 Å². The highest BCUT2D eigenvalue weighted by atomic mass is 16.6. The summed E-state index contributed by atoms with van der Waals surface area (Å²) in [5.74, 6) is -8.57. The van der Waals surface area contributed by atoms with E-state index < -0.39 is 61.3 Å². The molecule has 1 aliphatic rings. The van der Waals surface area contributed by atoms with Crippen LogP contribution < -0.4 is 5.32 Å². The van der Waals surface area contributed by atoms with Crippen molar-refractivity contribution in [3.63, 3.8) is 0 Å². The summed E-state index contributed by atoms with van der Waals surface area (Å²) in [5, 5.41) is 2.39. The molecule has 0 aromatic heterocycles. The maximum atomic E-state index is 12.9. The fourth-order valence-electron chi connectivity index (χ4n) is 2.02. The molecule has 0 bridgehead atoms. The fraction of sp³-hybridized carbons (Fsp3) is 0.833. The van der Waals surface area contributed by atoms with Crippen molar-refractivity contribution in [1.82, 2.24) is 5.32 Å². The van der Waals surface area contributed by atoms with E-state index in [1.807, 2.05) is 13.8 Å². The monoisotopic (exact) mass is 348 g/mol. The second-order valence-electron chi connectivity index (χ2n) is 6.04. The largest absolute Gasteiger partial charge is 0.464 e. The van der Waals surface area contributed by atoms with Gasteiger partial charge in [-0.15, -0.1) is 0 Å². The average molecular weight is 348 g/mol. The Balaban J connectivity index is 3.21. The summed E-state index contributed by atoms with van der Waals surface area (Å²) in [5.41, 5.74) is 0. The van der Waals surface area contributed by atoms with E-state index in [-0.39, 0.29) is 19.1 Å². The molecule has 24 heavy (non-hydrogen) atoms. The van der Waals surface area contributed by atoms with E-state index >= 15 is 0 Å². The topological polar surface area (TPSA) is 85.0 Å². The molecule has 0 saturated carbocycles. The lowest BCUT2D eigenvalue weighted by molar-refractivity contribution is -0.144. The van der Waals surface area contributed by atoms with Crippen LogP contribution in [-0.4, -0.2) is 43.0 Å². The Bertz CT molecular complexity index is 695. The summed E-state index contributed by atoms with van der Waals surface area (Å²) in [6.45, 7) is 3.05. The predicted octanol–water partition coefficient (Wildman–Crippen LogP) is 2.10.